The molecule has 40 heavy (non-hydrogen) atoms. The fourth-order valence-corrected chi connectivity index (χ4v) is 5.34. The minimum absolute atomic E-state index is 0.110. The summed E-state index contributed by atoms with van der Waals surface area (Å²) in [5.74, 6) is 0.602. The quantitative estimate of drug-likeness (QED) is 0.496. The Labute approximate surface area is 238 Å². The normalized spacial score (nSPS) is 21.9. The molecule has 9 heteroatoms. The molecule has 2 fully saturated rings. The number of anilines is 1. The van der Waals surface area contributed by atoms with E-state index in [1.807, 2.05) is 64.6 Å². The molecule has 2 aliphatic heterocycles. The number of amides is 2. The molecule has 218 valence electrons. The van der Waals surface area contributed by atoms with Crippen LogP contribution in [0.4, 0.5) is 15.4 Å². The average Bonchev–Trinajstić information content (AvgIpc) is 3.44. The first-order valence-corrected chi connectivity index (χ1v) is 14.3. The number of aromatic nitrogens is 1. The van der Waals surface area contributed by atoms with E-state index in [0.717, 1.165) is 31.7 Å². The zero-order valence-electron chi connectivity index (χ0n) is 24.8. The highest BCUT2D eigenvalue weighted by atomic mass is 16.6. The highest BCUT2D eigenvalue weighted by molar-refractivity contribution is 5.83. The predicted molar refractivity (Wildman–Crippen MR) is 156 cm³/mol. The molecule has 0 bridgehead atoms. The number of hydrogen-bond donors (Lipinski definition) is 2. The van der Waals surface area contributed by atoms with Crippen LogP contribution in [-0.4, -0.2) is 76.4 Å². The summed E-state index contributed by atoms with van der Waals surface area (Å²) < 4.78 is 11.1. The first-order chi connectivity index (χ1) is 18.8. The second-order valence-electron chi connectivity index (χ2n) is 13.0. The molecule has 9 nitrogen and oxygen atoms in total. The molecule has 3 heterocycles. The summed E-state index contributed by atoms with van der Waals surface area (Å²) in [6.45, 7) is 15.3. The van der Waals surface area contributed by atoms with Gasteiger partial charge in [0.1, 0.15) is 17.0 Å². The van der Waals surface area contributed by atoms with Gasteiger partial charge in [0.05, 0.1) is 0 Å². The third-order valence-corrected chi connectivity index (χ3v) is 6.97. The fraction of sp³-hybridized carbons (Fsp3) is 0.581. The maximum atomic E-state index is 13.0. The fourth-order valence-electron chi connectivity index (χ4n) is 5.34. The number of ether oxygens (including phenoxy) is 2. The van der Waals surface area contributed by atoms with Crippen LogP contribution in [0.15, 0.2) is 48.5 Å². The number of pyridine rings is 1. The van der Waals surface area contributed by atoms with Crippen molar-refractivity contribution in [3.05, 3.63) is 59.8 Å². The van der Waals surface area contributed by atoms with E-state index in [1.54, 1.807) is 6.07 Å². The first-order valence-electron chi connectivity index (χ1n) is 14.3. The van der Waals surface area contributed by atoms with Gasteiger partial charge in [-0.3, -0.25) is 10.2 Å². The van der Waals surface area contributed by atoms with Gasteiger partial charge in [-0.25, -0.2) is 14.6 Å². The standard InChI is InChI=1S/C31H45N5O4/c1-30(2,3)39-28(37)34-27-14-10-13-24(33-27)17-23-19-36(29(38)40-31(4,5)6)21-26(23)32-25-15-16-35(20-25)18-22-11-8-7-9-12-22/h7-14,23,25-26,32H,15-21H2,1-6H3,(H,33,34,37)/t23?,25-,26?/m0/s1. The molecule has 0 spiro atoms. The van der Waals surface area contributed by atoms with E-state index in [1.165, 1.54) is 5.56 Å². The zero-order chi connectivity index (χ0) is 28.9. The Morgan fingerprint density at radius 2 is 1.65 bits per heavy atom. The summed E-state index contributed by atoms with van der Waals surface area (Å²) in [5, 5.41) is 6.61. The van der Waals surface area contributed by atoms with E-state index in [9.17, 15) is 9.59 Å². The minimum Gasteiger partial charge on any atom is -0.444 e. The Morgan fingerprint density at radius 3 is 2.35 bits per heavy atom. The van der Waals surface area contributed by atoms with Crippen molar-refractivity contribution >= 4 is 18.0 Å². The number of nitrogens with one attached hydrogen (secondary N) is 2. The summed E-state index contributed by atoms with van der Waals surface area (Å²) in [6.07, 6.45) is 0.916. The lowest BCUT2D eigenvalue weighted by atomic mass is 9.96. The molecule has 2 aromatic rings. The maximum Gasteiger partial charge on any atom is 0.413 e. The monoisotopic (exact) mass is 551 g/mol. The van der Waals surface area contributed by atoms with Crippen LogP contribution in [-0.2, 0) is 22.4 Å². The lowest BCUT2D eigenvalue weighted by Gasteiger charge is -2.25. The molecular formula is C31H45N5O4. The number of likely N-dealkylation sites (tertiary alicyclic amines) is 2. The van der Waals surface area contributed by atoms with Gasteiger partial charge in [-0.2, -0.15) is 0 Å². The molecule has 4 rings (SSSR count). The van der Waals surface area contributed by atoms with Crippen LogP contribution < -0.4 is 10.6 Å². The number of nitrogens with zero attached hydrogens (tertiary/aromatic N) is 3. The highest BCUT2D eigenvalue weighted by Crippen LogP contribution is 2.26. The number of rotatable bonds is 7. The lowest BCUT2D eigenvalue weighted by Crippen LogP contribution is -2.45. The van der Waals surface area contributed by atoms with E-state index >= 15 is 0 Å². The molecule has 0 saturated carbocycles. The largest absolute Gasteiger partial charge is 0.444 e. The molecule has 1 aromatic heterocycles. The first kappa shape index (κ1) is 29.8. The Morgan fingerprint density at radius 1 is 0.925 bits per heavy atom. The highest BCUT2D eigenvalue weighted by Gasteiger charge is 2.39. The smallest absolute Gasteiger partial charge is 0.413 e. The van der Waals surface area contributed by atoms with Crippen LogP contribution in [0.1, 0.15) is 59.2 Å². The van der Waals surface area contributed by atoms with Crippen LogP contribution in [0.5, 0.6) is 0 Å². The Balaban J connectivity index is 1.41. The molecule has 2 amide bonds. The number of hydrogen-bond acceptors (Lipinski definition) is 7. The summed E-state index contributed by atoms with van der Waals surface area (Å²) in [7, 11) is 0. The SMILES string of the molecule is CC(C)(C)OC(=O)Nc1cccc(CC2CN(C(=O)OC(C)(C)C)CC2N[C@H]2CCN(Cc3ccccc3)C2)n1. The van der Waals surface area contributed by atoms with Gasteiger partial charge >= 0.3 is 12.2 Å². The van der Waals surface area contributed by atoms with Crippen molar-refractivity contribution in [2.45, 2.75) is 84.2 Å². The second kappa shape index (κ2) is 12.6. The van der Waals surface area contributed by atoms with Crippen molar-refractivity contribution in [2.75, 3.05) is 31.5 Å². The number of carbonyl (C=O) groups excluding carboxylic acids is 2. The third-order valence-electron chi connectivity index (χ3n) is 6.97. The molecule has 2 aliphatic rings. The molecule has 1 aromatic carbocycles. The van der Waals surface area contributed by atoms with Crippen LogP contribution in [0.2, 0.25) is 0 Å². The Hall–Kier alpha value is -3.17. The number of carbonyl (C=O) groups is 2. The van der Waals surface area contributed by atoms with Crippen molar-refractivity contribution in [2.24, 2.45) is 5.92 Å². The van der Waals surface area contributed by atoms with Gasteiger partial charge < -0.3 is 19.7 Å². The van der Waals surface area contributed by atoms with E-state index in [-0.39, 0.29) is 18.1 Å². The van der Waals surface area contributed by atoms with Crippen molar-refractivity contribution < 1.29 is 19.1 Å². The van der Waals surface area contributed by atoms with Gasteiger partial charge in [-0.15, -0.1) is 0 Å². The second-order valence-corrected chi connectivity index (χ2v) is 13.0. The van der Waals surface area contributed by atoms with Gasteiger partial charge in [-0.1, -0.05) is 36.4 Å². The molecule has 2 saturated heterocycles. The van der Waals surface area contributed by atoms with Crippen molar-refractivity contribution in [1.29, 1.82) is 0 Å². The molecule has 3 atom stereocenters. The van der Waals surface area contributed by atoms with Crippen LogP contribution in [0.3, 0.4) is 0 Å². The molecular weight excluding hydrogens is 506 g/mol. The summed E-state index contributed by atoms with van der Waals surface area (Å²) >= 11 is 0. The van der Waals surface area contributed by atoms with E-state index in [2.05, 4.69) is 44.8 Å². The minimum atomic E-state index is -0.591. The summed E-state index contributed by atoms with van der Waals surface area (Å²) in [6, 6.07) is 16.6. The van der Waals surface area contributed by atoms with Crippen molar-refractivity contribution in [3.63, 3.8) is 0 Å². The topological polar surface area (TPSA) is 96.0 Å². The molecule has 0 radical (unpaired) electrons. The van der Waals surface area contributed by atoms with Crippen LogP contribution >= 0.6 is 0 Å². The van der Waals surface area contributed by atoms with E-state index in [4.69, 9.17) is 9.47 Å². The van der Waals surface area contributed by atoms with Crippen LogP contribution in [0.25, 0.3) is 0 Å². The van der Waals surface area contributed by atoms with Gasteiger partial charge in [0, 0.05) is 50.5 Å². The summed E-state index contributed by atoms with van der Waals surface area (Å²) in [4.78, 5) is 34.2. The van der Waals surface area contributed by atoms with Crippen LogP contribution in [0, 0.1) is 5.92 Å². The average molecular weight is 552 g/mol. The van der Waals surface area contributed by atoms with Gasteiger partial charge in [0.25, 0.3) is 0 Å². The van der Waals surface area contributed by atoms with Crippen molar-refractivity contribution in [3.8, 4) is 0 Å². The molecule has 2 N–H and O–H groups in total. The van der Waals surface area contributed by atoms with Gasteiger partial charge in [-0.05, 0) is 78.0 Å². The predicted octanol–water partition coefficient (Wildman–Crippen LogP) is 5.07. The lowest BCUT2D eigenvalue weighted by molar-refractivity contribution is 0.0285. The molecule has 2 unspecified atom stereocenters. The third kappa shape index (κ3) is 9.20. The van der Waals surface area contributed by atoms with E-state index < -0.39 is 17.3 Å². The van der Waals surface area contributed by atoms with E-state index in [0.29, 0.717) is 31.4 Å². The number of benzene rings is 1. The summed E-state index contributed by atoms with van der Waals surface area (Å²) in [5.41, 5.74) is 1.04. The Bertz CT molecular complexity index is 1140. The van der Waals surface area contributed by atoms with Crippen molar-refractivity contribution in [1.82, 2.24) is 20.1 Å². The maximum absolute atomic E-state index is 13.0. The van der Waals surface area contributed by atoms with Gasteiger partial charge in [0.15, 0.2) is 0 Å². The Kier molecular flexibility index (Phi) is 9.36. The zero-order valence-corrected chi connectivity index (χ0v) is 24.8. The van der Waals surface area contributed by atoms with Gasteiger partial charge in [0.2, 0.25) is 0 Å². The molecule has 0 aliphatic carbocycles.